The Balaban J connectivity index is -0.000000244. The van der Waals surface area contributed by atoms with Crippen molar-refractivity contribution in [3.8, 4) is 0 Å². The van der Waals surface area contributed by atoms with Crippen molar-refractivity contribution in [3.63, 3.8) is 0 Å². The first-order valence-corrected chi connectivity index (χ1v) is 4.87. The topological polar surface area (TPSA) is 0 Å². The number of allylic oxidation sites excluding steroid dienone is 1. The van der Waals surface area contributed by atoms with Crippen LogP contribution in [-0.4, -0.2) is 16.9 Å². The minimum atomic E-state index is -5.68. The Labute approximate surface area is 112 Å². The summed E-state index contributed by atoms with van der Waals surface area (Å²) in [6.45, 7) is 1.19. The summed E-state index contributed by atoms with van der Waals surface area (Å²) in [5.74, 6) is -5.57. The molecule has 106 valence electrons. The SMILES string of the molecule is CC(F)=C(Cl)Cl.F.FC(F)(F)C(F)(F)C(Cl)Cl. The molecule has 0 heterocycles. The Hall–Kier alpha value is 0.410. The third-order valence-electron chi connectivity index (χ3n) is 0.912. The molecule has 0 rings (SSSR count). The van der Waals surface area contributed by atoms with E-state index in [4.69, 9.17) is 23.2 Å². The summed E-state index contributed by atoms with van der Waals surface area (Å²) in [6, 6.07) is 0. The third-order valence-corrected chi connectivity index (χ3v) is 1.98. The van der Waals surface area contributed by atoms with Crippen LogP contribution in [0, 0.1) is 0 Å². The smallest absolute Gasteiger partial charge is 0.269 e. The Morgan fingerprint density at radius 1 is 1.00 bits per heavy atom. The summed E-state index contributed by atoms with van der Waals surface area (Å²) in [6.07, 6.45) is -5.68. The van der Waals surface area contributed by atoms with Crippen LogP contribution in [0.2, 0.25) is 0 Å². The molecule has 0 bridgehead atoms. The van der Waals surface area contributed by atoms with Crippen molar-refractivity contribution >= 4 is 46.4 Å². The van der Waals surface area contributed by atoms with Crippen molar-refractivity contribution < 1.29 is 31.0 Å². The van der Waals surface area contributed by atoms with Gasteiger partial charge in [-0.1, -0.05) is 46.4 Å². The summed E-state index contributed by atoms with van der Waals surface area (Å²) < 4.78 is 68.0. The number of rotatable bonds is 1. The molecule has 0 spiro atoms. The number of halogens is 11. The molecule has 0 fully saturated rings. The van der Waals surface area contributed by atoms with Crippen LogP contribution in [0.1, 0.15) is 6.92 Å². The average molecular weight is 352 g/mol. The highest BCUT2D eigenvalue weighted by Gasteiger charge is 2.61. The molecular weight excluding hydrogens is 347 g/mol. The van der Waals surface area contributed by atoms with Gasteiger partial charge in [0, 0.05) is 0 Å². The van der Waals surface area contributed by atoms with Crippen molar-refractivity contribution in [2.45, 2.75) is 23.9 Å². The lowest BCUT2D eigenvalue weighted by atomic mass is 10.4. The lowest BCUT2D eigenvalue weighted by molar-refractivity contribution is -0.275. The van der Waals surface area contributed by atoms with E-state index >= 15 is 0 Å². The van der Waals surface area contributed by atoms with E-state index in [2.05, 4.69) is 23.2 Å². The van der Waals surface area contributed by atoms with Gasteiger partial charge in [-0.2, -0.15) is 22.0 Å². The highest BCUT2D eigenvalue weighted by atomic mass is 35.5. The second-order valence-electron chi connectivity index (χ2n) is 2.22. The second-order valence-corrected chi connectivity index (χ2v) is 4.26. The van der Waals surface area contributed by atoms with E-state index in [1.807, 2.05) is 0 Å². The largest absolute Gasteiger partial charge is 0.456 e. The predicted octanol–water partition coefficient (Wildman–Crippen LogP) is 5.76. The van der Waals surface area contributed by atoms with Crippen LogP contribution in [0.15, 0.2) is 10.3 Å². The normalized spacial score (nSPS) is 11.3. The van der Waals surface area contributed by atoms with Crippen molar-refractivity contribution in [1.29, 1.82) is 0 Å². The van der Waals surface area contributed by atoms with Crippen molar-refractivity contribution in [1.82, 2.24) is 0 Å². The summed E-state index contributed by atoms with van der Waals surface area (Å²) in [5, 5.41) is 0. The molecule has 0 aliphatic rings. The maximum absolute atomic E-state index is 11.7. The highest BCUT2D eigenvalue weighted by Crippen LogP contribution is 2.41. The quantitative estimate of drug-likeness (QED) is 0.416. The lowest BCUT2D eigenvalue weighted by Crippen LogP contribution is -2.41. The molecule has 0 radical (unpaired) electrons. The standard InChI is InChI=1S/C3HCl2F5.C3H3Cl2F.FH/c4-1(5)2(6,7)3(8,9)10;1-2(6)3(4)5;/h1H;1H3;1H. The summed E-state index contributed by atoms with van der Waals surface area (Å²) in [4.78, 5) is -2.76. The summed E-state index contributed by atoms with van der Waals surface area (Å²) >= 11 is 18.5. The molecule has 0 aromatic heterocycles. The molecular formula is C6H5Cl4F7. The minimum Gasteiger partial charge on any atom is -0.269 e. The van der Waals surface area contributed by atoms with Crippen LogP contribution in [0.4, 0.5) is 31.0 Å². The zero-order chi connectivity index (χ0) is 13.7. The van der Waals surface area contributed by atoms with Gasteiger partial charge in [-0.05, 0) is 6.92 Å². The molecule has 0 nitrogen and oxygen atoms in total. The first kappa shape index (κ1) is 22.6. The van der Waals surface area contributed by atoms with Crippen molar-refractivity contribution in [2.75, 3.05) is 0 Å². The minimum absolute atomic E-state index is 0. The Bertz CT molecular complexity index is 229. The van der Waals surface area contributed by atoms with Crippen molar-refractivity contribution in [2.24, 2.45) is 0 Å². The van der Waals surface area contributed by atoms with Crippen LogP contribution < -0.4 is 0 Å². The zero-order valence-corrected chi connectivity index (χ0v) is 10.8. The Morgan fingerprint density at radius 3 is 1.24 bits per heavy atom. The van der Waals surface area contributed by atoms with Gasteiger partial charge in [0.15, 0.2) is 4.84 Å². The van der Waals surface area contributed by atoms with Gasteiger partial charge in [0.2, 0.25) is 0 Å². The molecule has 11 heteroatoms. The van der Waals surface area contributed by atoms with Gasteiger partial charge in [-0.25, -0.2) is 4.39 Å². The van der Waals surface area contributed by atoms with Crippen LogP contribution in [-0.2, 0) is 0 Å². The zero-order valence-electron chi connectivity index (χ0n) is 7.77. The van der Waals surface area contributed by atoms with Crippen LogP contribution in [0.5, 0.6) is 0 Å². The number of hydrogen-bond donors (Lipinski definition) is 0. The average Bonchev–Trinajstić information content (AvgIpc) is 2.02. The van der Waals surface area contributed by atoms with Crippen LogP contribution >= 0.6 is 46.4 Å². The molecule has 0 unspecified atom stereocenters. The molecule has 0 aliphatic carbocycles. The first-order valence-electron chi connectivity index (χ1n) is 3.24. The summed E-state index contributed by atoms with van der Waals surface area (Å²) in [7, 11) is 0. The maximum atomic E-state index is 11.7. The van der Waals surface area contributed by atoms with Crippen LogP contribution in [0.25, 0.3) is 0 Å². The monoisotopic (exact) mass is 350 g/mol. The molecule has 0 saturated carbocycles. The first-order chi connectivity index (χ1) is 6.84. The lowest BCUT2D eigenvalue weighted by Gasteiger charge is -2.19. The van der Waals surface area contributed by atoms with Gasteiger partial charge in [-0.3, -0.25) is 4.70 Å². The molecule has 0 saturated heterocycles. The maximum Gasteiger partial charge on any atom is 0.456 e. The van der Waals surface area contributed by atoms with Gasteiger partial charge < -0.3 is 0 Å². The van der Waals surface area contributed by atoms with Gasteiger partial charge >= 0.3 is 12.1 Å². The third kappa shape index (κ3) is 9.04. The van der Waals surface area contributed by atoms with E-state index in [-0.39, 0.29) is 9.20 Å². The van der Waals surface area contributed by atoms with E-state index in [9.17, 15) is 26.3 Å². The molecule has 0 aliphatic heterocycles. The molecule has 0 atom stereocenters. The van der Waals surface area contributed by atoms with E-state index in [0.29, 0.717) is 0 Å². The van der Waals surface area contributed by atoms with Gasteiger partial charge in [0.25, 0.3) is 0 Å². The van der Waals surface area contributed by atoms with Gasteiger partial charge in [-0.15, -0.1) is 0 Å². The molecule has 0 aromatic carbocycles. The predicted molar refractivity (Wildman–Crippen MR) is 54.5 cm³/mol. The van der Waals surface area contributed by atoms with E-state index in [1.165, 1.54) is 6.92 Å². The molecule has 17 heavy (non-hydrogen) atoms. The Morgan fingerprint density at radius 2 is 1.24 bits per heavy atom. The van der Waals surface area contributed by atoms with Crippen molar-refractivity contribution in [3.05, 3.63) is 10.3 Å². The number of hydrogen-bond acceptors (Lipinski definition) is 0. The molecule has 0 aromatic rings. The fraction of sp³-hybridized carbons (Fsp3) is 0.667. The molecule has 0 N–H and O–H groups in total. The Kier molecular flexibility index (Phi) is 11.3. The van der Waals surface area contributed by atoms with Gasteiger partial charge in [0.1, 0.15) is 10.3 Å². The van der Waals surface area contributed by atoms with E-state index in [0.717, 1.165) is 0 Å². The van der Waals surface area contributed by atoms with Gasteiger partial charge in [0.05, 0.1) is 0 Å². The second kappa shape index (κ2) is 8.50. The van der Waals surface area contributed by atoms with E-state index in [1.54, 1.807) is 0 Å². The fourth-order valence-corrected chi connectivity index (χ4v) is 0.371. The van der Waals surface area contributed by atoms with Crippen LogP contribution in [0.3, 0.4) is 0 Å². The number of alkyl halides is 7. The fourth-order valence-electron chi connectivity index (χ4n) is 0.124. The highest BCUT2D eigenvalue weighted by molar-refractivity contribution is 6.56. The summed E-state index contributed by atoms with van der Waals surface area (Å²) in [5.41, 5.74) is 0. The van der Waals surface area contributed by atoms with E-state index < -0.39 is 22.8 Å². The molecule has 0 amide bonds.